The largest absolute Gasteiger partial charge is 0.504 e. The zero-order chi connectivity index (χ0) is 14.1. The molecule has 0 saturated heterocycles. The first kappa shape index (κ1) is 12.6. The van der Waals surface area contributed by atoms with Gasteiger partial charge in [0.15, 0.2) is 17.3 Å². The first-order valence-electron chi connectivity index (χ1n) is 5.88. The van der Waals surface area contributed by atoms with Gasteiger partial charge in [-0.05, 0) is 25.1 Å². The molecule has 0 fully saturated rings. The number of rotatable bonds is 3. The first-order chi connectivity index (χ1) is 9.61. The summed E-state index contributed by atoms with van der Waals surface area (Å²) in [6.45, 7) is 1.93. The van der Waals surface area contributed by atoms with Crippen molar-refractivity contribution in [3.63, 3.8) is 0 Å². The van der Waals surface area contributed by atoms with Crippen LogP contribution in [0.25, 0.3) is 11.5 Å². The van der Waals surface area contributed by atoms with Crippen LogP contribution in [0.2, 0.25) is 0 Å². The summed E-state index contributed by atoms with van der Waals surface area (Å²) in [5, 5.41) is 25.5. The second kappa shape index (κ2) is 4.93. The second-order valence-corrected chi connectivity index (χ2v) is 5.22. The Morgan fingerprint density at radius 3 is 2.75 bits per heavy atom. The first-order valence-corrected chi connectivity index (χ1v) is 6.76. The number of hydrogen-bond donors (Lipinski definition) is 2. The highest BCUT2D eigenvalue weighted by molar-refractivity contribution is 7.09. The Hall–Kier alpha value is -2.41. The number of phenols is 2. The van der Waals surface area contributed by atoms with Crippen LogP contribution in [0.3, 0.4) is 0 Å². The molecule has 2 heterocycles. The van der Waals surface area contributed by atoms with Crippen molar-refractivity contribution in [2.45, 2.75) is 13.3 Å². The van der Waals surface area contributed by atoms with Gasteiger partial charge in [-0.25, -0.2) is 4.98 Å². The van der Waals surface area contributed by atoms with Crippen LogP contribution >= 0.6 is 11.3 Å². The molecule has 0 spiro atoms. The van der Waals surface area contributed by atoms with Crippen molar-refractivity contribution in [2.75, 3.05) is 0 Å². The summed E-state index contributed by atoms with van der Waals surface area (Å²) in [6, 6.07) is 4.35. The van der Waals surface area contributed by atoms with Crippen molar-refractivity contribution >= 4 is 11.3 Å². The van der Waals surface area contributed by atoms with E-state index in [-0.39, 0.29) is 11.5 Å². The van der Waals surface area contributed by atoms with Gasteiger partial charge in [0.1, 0.15) is 5.01 Å². The fraction of sp³-hybridized carbons (Fsp3) is 0.154. The highest BCUT2D eigenvalue weighted by Gasteiger charge is 2.12. The summed E-state index contributed by atoms with van der Waals surface area (Å²) in [6.07, 6.45) is 0.506. The lowest BCUT2D eigenvalue weighted by Crippen LogP contribution is -1.90. The monoisotopic (exact) mass is 289 g/mol. The van der Waals surface area contributed by atoms with Gasteiger partial charge in [-0.2, -0.15) is 4.98 Å². The highest BCUT2D eigenvalue weighted by atomic mass is 32.1. The normalized spacial score (nSPS) is 10.8. The van der Waals surface area contributed by atoms with E-state index >= 15 is 0 Å². The van der Waals surface area contributed by atoms with Crippen LogP contribution < -0.4 is 0 Å². The van der Waals surface area contributed by atoms with E-state index in [0.29, 0.717) is 23.7 Å². The molecule has 7 heteroatoms. The predicted octanol–water partition coefficient (Wildman–Crippen LogP) is 2.50. The Kier molecular flexibility index (Phi) is 3.11. The molecule has 0 amide bonds. The van der Waals surface area contributed by atoms with Crippen LogP contribution in [0, 0.1) is 6.92 Å². The van der Waals surface area contributed by atoms with Crippen LogP contribution in [0.1, 0.15) is 16.5 Å². The maximum Gasteiger partial charge on any atom is 0.258 e. The summed E-state index contributed by atoms with van der Waals surface area (Å²) < 4.78 is 5.15. The van der Waals surface area contributed by atoms with Gasteiger partial charge in [-0.1, -0.05) is 5.16 Å². The second-order valence-electron chi connectivity index (χ2n) is 4.28. The van der Waals surface area contributed by atoms with Crippen LogP contribution in [0.15, 0.2) is 28.1 Å². The van der Waals surface area contributed by atoms with Crippen molar-refractivity contribution in [2.24, 2.45) is 0 Å². The van der Waals surface area contributed by atoms with Crippen molar-refractivity contribution in [3.8, 4) is 23.0 Å². The Morgan fingerprint density at radius 2 is 2.05 bits per heavy atom. The number of aryl methyl sites for hydroxylation is 1. The Bertz CT molecular complexity index is 751. The van der Waals surface area contributed by atoms with Gasteiger partial charge < -0.3 is 14.7 Å². The molecule has 3 rings (SSSR count). The van der Waals surface area contributed by atoms with Crippen LogP contribution in [-0.4, -0.2) is 25.3 Å². The molecule has 0 bridgehead atoms. The number of thiazole rings is 1. The number of benzene rings is 1. The zero-order valence-corrected chi connectivity index (χ0v) is 11.4. The SMILES string of the molecule is Cc1csc(Cc2noc(-c3ccc(O)c(O)c3)n2)n1. The van der Waals surface area contributed by atoms with Gasteiger partial charge >= 0.3 is 0 Å². The van der Waals surface area contributed by atoms with Crippen molar-refractivity contribution in [1.29, 1.82) is 0 Å². The Labute approximate surface area is 118 Å². The number of nitrogens with zero attached hydrogens (tertiary/aromatic N) is 3. The fourth-order valence-corrected chi connectivity index (χ4v) is 2.49. The summed E-state index contributed by atoms with van der Waals surface area (Å²) in [7, 11) is 0. The molecular weight excluding hydrogens is 278 g/mol. The van der Waals surface area contributed by atoms with E-state index in [0.717, 1.165) is 10.7 Å². The third-order valence-corrected chi connectivity index (χ3v) is 3.63. The molecule has 20 heavy (non-hydrogen) atoms. The van der Waals surface area contributed by atoms with Crippen molar-refractivity contribution in [3.05, 3.63) is 40.1 Å². The quantitative estimate of drug-likeness (QED) is 0.720. The molecule has 2 N–H and O–H groups in total. The van der Waals surface area contributed by atoms with E-state index in [4.69, 9.17) is 4.52 Å². The number of aromatic nitrogens is 3. The lowest BCUT2D eigenvalue weighted by atomic mass is 10.2. The minimum atomic E-state index is -0.224. The topological polar surface area (TPSA) is 92.3 Å². The predicted molar refractivity (Wildman–Crippen MR) is 72.7 cm³/mol. The maximum atomic E-state index is 9.46. The van der Waals surface area contributed by atoms with Gasteiger partial charge in [0.25, 0.3) is 5.89 Å². The molecule has 3 aromatic rings. The molecule has 6 nitrogen and oxygen atoms in total. The Balaban J connectivity index is 1.84. The Morgan fingerprint density at radius 1 is 1.20 bits per heavy atom. The molecule has 0 aliphatic carbocycles. The third kappa shape index (κ3) is 2.48. The molecule has 1 aromatic carbocycles. The lowest BCUT2D eigenvalue weighted by Gasteiger charge is -1.98. The molecule has 0 unspecified atom stereocenters. The van der Waals surface area contributed by atoms with Crippen LogP contribution in [0.4, 0.5) is 0 Å². The summed E-state index contributed by atoms with van der Waals surface area (Å²) in [5.74, 6) is 0.412. The summed E-state index contributed by atoms with van der Waals surface area (Å²) in [5.41, 5.74) is 1.52. The third-order valence-electron chi connectivity index (χ3n) is 2.67. The minimum Gasteiger partial charge on any atom is -0.504 e. The minimum absolute atomic E-state index is 0.188. The molecule has 2 aromatic heterocycles. The van der Waals surface area contributed by atoms with E-state index in [2.05, 4.69) is 15.1 Å². The van der Waals surface area contributed by atoms with E-state index in [1.807, 2.05) is 12.3 Å². The summed E-state index contributed by atoms with van der Waals surface area (Å²) in [4.78, 5) is 8.59. The van der Waals surface area contributed by atoms with Crippen molar-refractivity contribution < 1.29 is 14.7 Å². The van der Waals surface area contributed by atoms with Gasteiger partial charge in [0.2, 0.25) is 0 Å². The van der Waals surface area contributed by atoms with Crippen LogP contribution in [0.5, 0.6) is 11.5 Å². The van der Waals surface area contributed by atoms with Gasteiger partial charge in [0, 0.05) is 16.6 Å². The number of aromatic hydroxyl groups is 2. The highest BCUT2D eigenvalue weighted by Crippen LogP contribution is 2.29. The maximum absolute atomic E-state index is 9.46. The number of phenolic OH excluding ortho intramolecular Hbond substituents is 2. The standard InChI is InChI=1S/C13H11N3O3S/c1-7-6-20-12(14-7)5-11-15-13(19-16-11)8-2-3-9(17)10(18)4-8/h2-4,6,17-18H,5H2,1H3. The smallest absolute Gasteiger partial charge is 0.258 e. The molecule has 0 radical (unpaired) electrons. The van der Waals surface area contributed by atoms with Gasteiger partial charge in [-0.3, -0.25) is 0 Å². The average Bonchev–Trinajstić information content (AvgIpc) is 3.03. The average molecular weight is 289 g/mol. The molecule has 0 aliphatic heterocycles. The molecule has 0 atom stereocenters. The van der Waals surface area contributed by atoms with Gasteiger partial charge in [0.05, 0.1) is 6.42 Å². The van der Waals surface area contributed by atoms with Crippen LogP contribution in [-0.2, 0) is 6.42 Å². The lowest BCUT2D eigenvalue weighted by molar-refractivity contribution is 0.402. The van der Waals surface area contributed by atoms with E-state index in [1.165, 1.54) is 12.1 Å². The van der Waals surface area contributed by atoms with Gasteiger partial charge in [-0.15, -0.1) is 11.3 Å². The van der Waals surface area contributed by atoms with E-state index in [9.17, 15) is 10.2 Å². The van der Waals surface area contributed by atoms with E-state index in [1.54, 1.807) is 17.4 Å². The van der Waals surface area contributed by atoms with E-state index < -0.39 is 0 Å². The molecule has 102 valence electrons. The molecule has 0 saturated carbocycles. The molecular formula is C13H11N3O3S. The fourth-order valence-electron chi connectivity index (χ4n) is 1.72. The summed E-state index contributed by atoms with van der Waals surface area (Å²) >= 11 is 1.55. The zero-order valence-electron chi connectivity index (χ0n) is 10.6. The van der Waals surface area contributed by atoms with Crippen molar-refractivity contribution in [1.82, 2.24) is 15.1 Å². The molecule has 0 aliphatic rings. The number of hydrogen-bond acceptors (Lipinski definition) is 7.